The fraction of sp³-hybridized carbons (Fsp3) is 0.333. The highest BCUT2D eigenvalue weighted by atomic mass is 16.3. The Morgan fingerprint density at radius 1 is 1.05 bits per heavy atom. The minimum absolute atomic E-state index is 0.422. The quantitative estimate of drug-likeness (QED) is 0.812. The molecule has 100 valence electrons. The zero-order valence-corrected chi connectivity index (χ0v) is 12.2. The van der Waals surface area contributed by atoms with Crippen molar-refractivity contribution in [2.24, 2.45) is 0 Å². The molecule has 0 radical (unpaired) electrons. The molecule has 0 bridgehead atoms. The standard InChI is InChI=1S/C18H22O/c1-5-14-7-6-8-17(18(14)19)16-10-9-15(12(2)3)11-13(16)4/h6-12,19H,5H2,1-4H3. The van der Waals surface area contributed by atoms with Gasteiger partial charge in [-0.1, -0.05) is 57.2 Å². The average Bonchev–Trinajstić information content (AvgIpc) is 2.39. The smallest absolute Gasteiger partial charge is 0.126 e. The molecule has 0 fully saturated rings. The summed E-state index contributed by atoms with van der Waals surface area (Å²) in [7, 11) is 0. The Morgan fingerprint density at radius 2 is 1.79 bits per heavy atom. The van der Waals surface area contributed by atoms with Gasteiger partial charge < -0.3 is 5.11 Å². The summed E-state index contributed by atoms with van der Waals surface area (Å²) in [5, 5.41) is 10.3. The Morgan fingerprint density at radius 3 is 2.37 bits per heavy atom. The molecule has 0 atom stereocenters. The van der Waals surface area contributed by atoms with Crippen LogP contribution in [-0.4, -0.2) is 5.11 Å². The van der Waals surface area contributed by atoms with E-state index in [0.717, 1.165) is 23.1 Å². The molecule has 2 aromatic carbocycles. The number of hydrogen-bond donors (Lipinski definition) is 1. The zero-order chi connectivity index (χ0) is 14.0. The van der Waals surface area contributed by atoms with Crippen LogP contribution in [0, 0.1) is 6.92 Å². The maximum absolute atomic E-state index is 10.3. The molecule has 1 N–H and O–H groups in total. The van der Waals surface area contributed by atoms with Crippen LogP contribution in [0.15, 0.2) is 36.4 Å². The first-order chi connectivity index (χ1) is 9.04. The lowest BCUT2D eigenvalue weighted by Gasteiger charge is -2.13. The number of benzene rings is 2. The van der Waals surface area contributed by atoms with Crippen molar-refractivity contribution in [3.8, 4) is 16.9 Å². The van der Waals surface area contributed by atoms with Crippen LogP contribution in [0.4, 0.5) is 0 Å². The molecule has 0 amide bonds. The van der Waals surface area contributed by atoms with Gasteiger partial charge >= 0.3 is 0 Å². The second kappa shape index (κ2) is 5.48. The van der Waals surface area contributed by atoms with Gasteiger partial charge in [0.2, 0.25) is 0 Å². The predicted molar refractivity (Wildman–Crippen MR) is 81.7 cm³/mol. The van der Waals surface area contributed by atoms with Crippen molar-refractivity contribution in [1.29, 1.82) is 0 Å². The fourth-order valence-electron chi connectivity index (χ4n) is 2.44. The molecule has 1 nitrogen and oxygen atoms in total. The van der Waals surface area contributed by atoms with E-state index in [9.17, 15) is 5.11 Å². The topological polar surface area (TPSA) is 20.2 Å². The lowest BCUT2D eigenvalue weighted by molar-refractivity contribution is 0.471. The molecule has 0 saturated carbocycles. The van der Waals surface area contributed by atoms with Gasteiger partial charge in [0, 0.05) is 5.56 Å². The van der Waals surface area contributed by atoms with Crippen molar-refractivity contribution in [2.45, 2.75) is 40.0 Å². The molecule has 0 aliphatic carbocycles. The lowest BCUT2D eigenvalue weighted by atomic mass is 9.93. The minimum atomic E-state index is 0.422. The maximum atomic E-state index is 10.3. The van der Waals surface area contributed by atoms with E-state index < -0.39 is 0 Å². The van der Waals surface area contributed by atoms with Crippen molar-refractivity contribution in [2.75, 3.05) is 0 Å². The molecule has 0 aromatic heterocycles. The molecular weight excluding hydrogens is 232 g/mol. The summed E-state index contributed by atoms with van der Waals surface area (Å²) < 4.78 is 0. The number of phenols is 1. The first kappa shape index (κ1) is 13.7. The fourth-order valence-corrected chi connectivity index (χ4v) is 2.44. The molecule has 0 unspecified atom stereocenters. The monoisotopic (exact) mass is 254 g/mol. The Kier molecular flexibility index (Phi) is 3.94. The van der Waals surface area contributed by atoms with Crippen LogP contribution in [0.25, 0.3) is 11.1 Å². The van der Waals surface area contributed by atoms with Gasteiger partial charge in [-0.25, -0.2) is 0 Å². The highest BCUT2D eigenvalue weighted by Gasteiger charge is 2.11. The largest absolute Gasteiger partial charge is 0.507 e. The molecule has 19 heavy (non-hydrogen) atoms. The first-order valence-electron chi connectivity index (χ1n) is 6.96. The molecule has 0 heterocycles. The third-order valence-electron chi connectivity index (χ3n) is 3.71. The molecule has 1 heteroatoms. The second-order valence-corrected chi connectivity index (χ2v) is 5.40. The number of phenolic OH excluding ortho intramolecular Hbond substituents is 1. The van der Waals surface area contributed by atoms with E-state index in [1.54, 1.807) is 0 Å². The molecule has 2 aromatic rings. The van der Waals surface area contributed by atoms with Gasteiger partial charge in [0.05, 0.1) is 0 Å². The summed E-state index contributed by atoms with van der Waals surface area (Å²) >= 11 is 0. The van der Waals surface area contributed by atoms with Crippen LogP contribution in [-0.2, 0) is 6.42 Å². The van der Waals surface area contributed by atoms with E-state index >= 15 is 0 Å². The highest BCUT2D eigenvalue weighted by Crippen LogP contribution is 2.35. The number of aryl methyl sites for hydroxylation is 2. The van der Waals surface area contributed by atoms with Crippen molar-refractivity contribution < 1.29 is 5.11 Å². The summed E-state index contributed by atoms with van der Waals surface area (Å²) in [4.78, 5) is 0. The van der Waals surface area contributed by atoms with Gasteiger partial charge in [0.15, 0.2) is 0 Å². The summed E-state index contributed by atoms with van der Waals surface area (Å²) in [6, 6.07) is 12.5. The third kappa shape index (κ3) is 2.65. The van der Waals surface area contributed by atoms with Gasteiger partial charge in [-0.2, -0.15) is 0 Å². The van der Waals surface area contributed by atoms with Gasteiger partial charge in [0.1, 0.15) is 5.75 Å². The van der Waals surface area contributed by atoms with Crippen LogP contribution in [0.3, 0.4) is 0 Å². The van der Waals surface area contributed by atoms with Crippen molar-refractivity contribution in [3.05, 3.63) is 53.1 Å². The van der Waals surface area contributed by atoms with Gasteiger partial charge in [-0.3, -0.25) is 0 Å². The molecule has 2 rings (SSSR count). The predicted octanol–water partition coefficient (Wildman–Crippen LogP) is 5.05. The molecule has 0 spiro atoms. The van der Waals surface area contributed by atoms with Crippen molar-refractivity contribution in [1.82, 2.24) is 0 Å². The van der Waals surface area contributed by atoms with Crippen LogP contribution in [0.5, 0.6) is 5.75 Å². The van der Waals surface area contributed by atoms with Crippen LogP contribution < -0.4 is 0 Å². The lowest BCUT2D eigenvalue weighted by Crippen LogP contribution is -1.92. The van der Waals surface area contributed by atoms with Crippen LogP contribution >= 0.6 is 0 Å². The van der Waals surface area contributed by atoms with Gasteiger partial charge in [0.25, 0.3) is 0 Å². The number of aromatic hydroxyl groups is 1. The SMILES string of the molecule is CCc1cccc(-c2ccc(C(C)C)cc2C)c1O. The van der Waals surface area contributed by atoms with Gasteiger partial charge in [-0.15, -0.1) is 0 Å². The average molecular weight is 254 g/mol. The van der Waals surface area contributed by atoms with E-state index in [-0.39, 0.29) is 0 Å². The summed E-state index contributed by atoms with van der Waals surface area (Å²) in [5.74, 6) is 0.953. The summed E-state index contributed by atoms with van der Waals surface area (Å²) in [5.41, 5.74) is 5.62. The first-order valence-corrected chi connectivity index (χ1v) is 6.96. The van der Waals surface area contributed by atoms with E-state index in [1.165, 1.54) is 11.1 Å². The molecular formula is C18H22O. The minimum Gasteiger partial charge on any atom is -0.507 e. The molecule has 0 aliphatic rings. The Balaban J connectivity index is 2.54. The number of hydrogen-bond acceptors (Lipinski definition) is 1. The Bertz CT molecular complexity index is 582. The van der Waals surface area contributed by atoms with Gasteiger partial charge in [-0.05, 0) is 41.5 Å². The number of rotatable bonds is 3. The highest BCUT2D eigenvalue weighted by molar-refractivity contribution is 5.74. The summed E-state index contributed by atoms with van der Waals surface area (Å²) in [6.45, 7) is 8.57. The Hall–Kier alpha value is -1.76. The normalized spacial score (nSPS) is 11.0. The zero-order valence-electron chi connectivity index (χ0n) is 12.2. The van der Waals surface area contributed by atoms with E-state index in [1.807, 2.05) is 18.2 Å². The second-order valence-electron chi connectivity index (χ2n) is 5.40. The van der Waals surface area contributed by atoms with Crippen molar-refractivity contribution >= 4 is 0 Å². The molecule has 0 saturated heterocycles. The maximum Gasteiger partial charge on any atom is 0.126 e. The van der Waals surface area contributed by atoms with Crippen LogP contribution in [0.2, 0.25) is 0 Å². The summed E-state index contributed by atoms with van der Waals surface area (Å²) in [6.07, 6.45) is 0.850. The number of para-hydroxylation sites is 1. The third-order valence-corrected chi connectivity index (χ3v) is 3.71. The van der Waals surface area contributed by atoms with E-state index in [0.29, 0.717) is 11.7 Å². The Labute approximate surface area is 115 Å². The molecule has 0 aliphatic heterocycles. The van der Waals surface area contributed by atoms with E-state index in [4.69, 9.17) is 0 Å². The van der Waals surface area contributed by atoms with Crippen LogP contribution in [0.1, 0.15) is 43.4 Å². The van der Waals surface area contributed by atoms with Crippen molar-refractivity contribution in [3.63, 3.8) is 0 Å². The van der Waals surface area contributed by atoms with E-state index in [2.05, 4.69) is 45.9 Å².